The number of aliphatic hydroxyl groups excluding tert-OH is 1. The van der Waals surface area contributed by atoms with E-state index in [-0.39, 0.29) is 49.7 Å². The van der Waals surface area contributed by atoms with Crippen molar-refractivity contribution in [3.63, 3.8) is 0 Å². The number of carboxylic acids is 2. The van der Waals surface area contributed by atoms with Gasteiger partial charge in [0, 0.05) is 35.6 Å². The molecule has 1 aliphatic rings. The van der Waals surface area contributed by atoms with Gasteiger partial charge in [-0.3, -0.25) is 9.59 Å². The van der Waals surface area contributed by atoms with Crippen molar-refractivity contribution in [3.8, 4) is 0 Å². The number of hydrogen-bond donors (Lipinski definition) is 4. The van der Waals surface area contributed by atoms with Gasteiger partial charge in [0.15, 0.2) is 6.29 Å². The van der Waals surface area contributed by atoms with E-state index in [9.17, 15) is 19.5 Å². The Morgan fingerprint density at radius 2 is 1.48 bits per heavy atom. The van der Waals surface area contributed by atoms with Gasteiger partial charge in [-0.25, -0.2) is 4.79 Å². The van der Waals surface area contributed by atoms with Gasteiger partial charge in [-0.2, -0.15) is 0 Å². The van der Waals surface area contributed by atoms with Crippen molar-refractivity contribution in [3.05, 3.63) is 101 Å². The Morgan fingerprint density at radius 3 is 2.10 bits per heavy atom. The molecule has 9 nitrogen and oxygen atoms in total. The largest absolute Gasteiger partial charge is 0.481 e. The quantitative estimate of drug-likeness (QED) is 0.230. The second kappa shape index (κ2) is 14.1. The minimum Gasteiger partial charge on any atom is -0.481 e. The number of benzene rings is 3. The van der Waals surface area contributed by atoms with Crippen molar-refractivity contribution in [1.29, 1.82) is 0 Å². The summed E-state index contributed by atoms with van der Waals surface area (Å²) < 4.78 is 12.7. The van der Waals surface area contributed by atoms with Gasteiger partial charge in [-0.05, 0) is 41.0 Å². The van der Waals surface area contributed by atoms with Gasteiger partial charge in [0.05, 0.1) is 30.8 Å². The molecule has 10 heteroatoms. The highest BCUT2D eigenvalue weighted by atomic mass is 32.2. The van der Waals surface area contributed by atoms with E-state index in [1.54, 1.807) is 36.0 Å². The fraction of sp³-hybridized carbons (Fsp3) is 0.300. The minimum atomic E-state index is -1.01. The third-order valence-electron chi connectivity index (χ3n) is 6.46. The Balaban J connectivity index is 1.43. The van der Waals surface area contributed by atoms with Crippen molar-refractivity contribution >= 4 is 29.6 Å². The molecule has 3 aromatic rings. The zero-order chi connectivity index (χ0) is 28.5. The average molecular weight is 566 g/mol. The molecule has 1 aliphatic heterocycles. The van der Waals surface area contributed by atoms with Gasteiger partial charge < -0.3 is 30.1 Å². The number of aliphatic hydroxyl groups is 1. The molecule has 1 heterocycles. The lowest BCUT2D eigenvalue weighted by Crippen LogP contribution is -2.31. The standard InChI is InChI=1S/C30H31NO8S/c32-17-20-3-5-21(6-4-20)26-15-24(18-40-25-11-9-22(10-12-25)29(36)37)38-30(39-26)23-7-1-19(2-8-23)16-31-27(33)13-14-28(34)35/h1-12,24,26,30,32H,13-18H2,(H,31,33)(H,34,35)(H,36,37)/t24-,26+,30+/m1/s1. The molecule has 0 spiro atoms. The number of amides is 1. The molecule has 4 N–H and O–H groups in total. The van der Waals surface area contributed by atoms with E-state index in [0.717, 1.165) is 27.1 Å². The fourth-order valence-corrected chi connectivity index (χ4v) is 5.13. The molecular weight excluding hydrogens is 534 g/mol. The first-order valence-corrected chi connectivity index (χ1v) is 13.8. The van der Waals surface area contributed by atoms with E-state index < -0.39 is 18.2 Å². The lowest BCUT2D eigenvalue weighted by atomic mass is 10.0. The third kappa shape index (κ3) is 8.40. The van der Waals surface area contributed by atoms with Gasteiger partial charge in [-0.1, -0.05) is 48.5 Å². The number of aliphatic carboxylic acids is 1. The van der Waals surface area contributed by atoms with E-state index in [4.69, 9.17) is 19.7 Å². The van der Waals surface area contributed by atoms with Gasteiger partial charge in [0.25, 0.3) is 0 Å². The van der Waals surface area contributed by atoms with E-state index in [1.807, 2.05) is 48.5 Å². The lowest BCUT2D eigenvalue weighted by Gasteiger charge is -2.36. The van der Waals surface area contributed by atoms with Crippen molar-refractivity contribution in [2.24, 2.45) is 0 Å². The molecule has 3 aromatic carbocycles. The number of thioether (sulfide) groups is 1. The van der Waals surface area contributed by atoms with Gasteiger partial charge in [0.1, 0.15) is 0 Å². The number of hydrogen-bond acceptors (Lipinski definition) is 7. The maximum absolute atomic E-state index is 11.8. The number of rotatable bonds is 12. The van der Waals surface area contributed by atoms with Crippen molar-refractivity contribution in [1.82, 2.24) is 5.32 Å². The maximum atomic E-state index is 11.8. The van der Waals surface area contributed by atoms with Crippen LogP contribution in [-0.4, -0.2) is 45.0 Å². The van der Waals surface area contributed by atoms with Crippen LogP contribution in [0.4, 0.5) is 0 Å². The fourth-order valence-electron chi connectivity index (χ4n) is 4.21. The predicted octanol–water partition coefficient (Wildman–Crippen LogP) is 4.70. The van der Waals surface area contributed by atoms with Crippen LogP contribution in [0.15, 0.2) is 77.7 Å². The molecule has 0 saturated carbocycles. The first-order chi connectivity index (χ1) is 19.3. The summed E-state index contributed by atoms with van der Waals surface area (Å²) in [5.74, 6) is -1.66. The summed E-state index contributed by atoms with van der Waals surface area (Å²) in [6, 6.07) is 21.9. The van der Waals surface area contributed by atoms with E-state index >= 15 is 0 Å². The van der Waals surface area contributed by atoms with Crippen LogP contribution in [0.5, 0.6) is 0 Å². The minimum absolute atomic E-state index is 0.0379. The van der Waals surface area contributed by atoms with Crippen LogP contribution < -0.4 is 5.32 Å². The zero-order valence-corrected chi connectivity index (χ0v) is 22.5. The molecule has 1 saturated heterocycles. The Morgan fingerprint density at radius 1 is 0.825 bits per heavy atom. The molecule has 1 fully saturated rings. The highest BCUT2D eigenvalue weighted by Crippen LogP contribution is 2.39. The van der Waals surface area contributed by atoms with Gasteiger partial charge >= 0.3 is 11.9 Å². The summed E-state index contributed by atoms with van der Waals surface area (Å²) in [5, 5.41) is 30.0. The molecule has 4 rings (SSSR count). The number of nitrogens with one attached hydrogen (secondary N) is 1. The number of carboxylic acid groups (broad SMARTS) is 2. The second-order valence-corrected chi connectivity index (χ2v) is 10.5. The van der Waals surface area contributed by atoms with Crippen molar-refractivity contribution < 1.29 is 39.2 Å². The highest BCUT2D eigenvalue weighted by Gasteiger charge is 2.32. The molecule has 3 atom stereocenters. The molecule has 0 bridgehead atoms. The number of carbonyl (C=O) groups excluding carboxylic acids is 1. The summed E-state index contributed by atoms with van der Waals surface area (Å²) in [5.41, 5.74) is 3.71. The van der Waals surface area contributed by atoms with Crippen LogP contribution in [0.25, 0.3) is 0 Å². The van der Waals surface area contributed by atoms with Crippen molar-refractivity contribution in [2.45, 2.75) is 55.8 Å². The molecule has 210 valence electrons. The van der Waals surface area contributed by atoms with Crippen LogP contribution in [0.2, 0.25) is 0 Å². The Kier molecular flexibility index (Phi) is 10.3. The first-order valence-electron chi connectivity index (χ1n) is 12.8. The molecular formula is C30H31NO8S. The monoisotopic (exact) mass is 565 g/mol. The molecule has 0 aromatic heterocycles. The smallest absolute Gasteiger partial charge is 0.335 e. The lowest BCUT2D eigenvalue weighted by molar-refractivity contribution is -0.245. The first kappa shape index (κ1) is 29.3. The van der Waals surface area contributed by atoms with Gasteiger partial charge in [0.2, 0.25) is 5.91 Å². The Hall–Kier alpha value is -3.70. The Labute approximate surface area is 236 Å². The normalized spacial score (nSPS) is 18.7. The third-order valence-corrected chi connectivity index (χ3v) is 7.60. The van der Waals surface area contributed by atoms with E-state index in [1.165, 1.54) is 0 Å². The summed E-state index contributed by atoms with van der Waals surface area (Å²) in [7, 11) is 0. The van der Waals surface area contributed by atoms with Crippen LogP contribution in [0.1, 0.15) is 64.3 Å². The average Bonchev–Trinajstić information content (AvgIpc) is 2.98. The second-order valence-electron chi connectivity index (χ2n) is 9.40. The highest BCUT2D eigenvalue weighted by molar-refractivity contribution is 7.99. The van der Waals surface area contributed by atoms with E-state index in [2.05, 4.69) is 5.32 Å². The maximum Gasteiger partial charge on any atom is 0.335 e. The molecule has 0 unspecified atom stereocenters. The van der Waals surface area contributed by atoms with Crippen molar-refractivity contribution in [2.75, 3.05) is 5.75 Å². The summed E-state index contributed by atoms with van der Waals surface area (Å²) in [6.07, 6.45) is -0.678. The number of ether oxygens (including phenoxy) is 2. The van der Waals surface area contributed by atoms with Crippen LogP contribution in [-0.2, 0) is 32.2 Å². The number of carbonyl (C=O) groups is 3. The molecule has 0 aliphatic carbocycles. The topological polar surface area (TPSA) is 142 Å². The summed E-state index contributed by atoms with van der Waals surface area (Å²) in [4.78, 5) is 34.6. The molecule has 40 heavy (non-hydrogen) atoms. The summed E-state index contributed by atoms with van der Waals surface area (Å²) >= 11 is 1.58. The molecule has 0 radical (unpaired) electrons. The summed E-state index contributed by atoms with van der Waals surface area (Å²) in [6.45, 7) is 0.245. The van der Waals surface area contributed by atoms with Crippen LogP contribution in [0, 0.1) is 0 Å². The predicted molar refractivity (Wildman–Crippen MR) is 148 cm³/mol. The van der Waals surface area contributed by atoms with Crippen LogP contribution >= 0.6 is 11.8 Å². The zero-order valence-electron chi connectivity index (χ0n) is 21.7. The van der Waals surface area contributed by atoms with Gasteiger partial charge in [-0.15, -0.1) is 11.8 Å². The van der Waals surface area contributed by atoms with Crippen LogP contribution in [0.3, 0.4) is 0 Å². The number of aromatic carboxylic acids is 1. The SMILES string of the molecule is O=C(O)CCC(=O)NCc1ccc([C@H]2O[C@@H](CSc3ccc(C(=O)O)cc3)C[C@@H](c3ccc(CO)cc3)O2)cc1. The molecule has 1 amide bonds. The Bertz CT molecular complexity index is 1290. The van der Waals surface area contributed by atoms with E-state index in [0.29, 0.717) is 12.2 Å².